The molecule has 3 rings (SSSR count). The van der Waals surface area contributed by atoms with Crippen molar-refractivity contribution in [1.29, 1.82) is 0 Å². The topological polar surface area (TPSA) is 33.3 Å². The van der Waals surface area contributed by atoms with Crippen molar-refractivity contribution in [3.8, 4) is 5.75 Å². The molecule has 0 amide bonds. The quantitative estimate of drug-likeness (QED) is 0.397. The minimum Gasteiger partial charge on any atom is -0.497 e. The molecular formula is C21H19FN2OS2. The first kappa shape index (κ1) is 19.2. The van der Waals surface area contributed by atoms with Gasteiger partial charge in [0.15, 0.2) is 5.11 Å². The molecule has 0 saturated heterocycles. The standard InChI is InChI=1S/C21H19FN2OS2/c1-25-19-10-6-17(7-11-19)23-21(26)24-18-8-12-20(13-9-18)27-14-15-2-4-16(22)5-3-15/h2-13H,14H2,1H3,(H2,23,24,26). The average Bonchev–Trinajstić information content (AvgIpc) is 2.69. The molecule has 0 bridgehead atoms. The van der Waals surface area contributed by atoms with Crippen molar-refractivity contribution in [3.05, 3.63) is 84.2 Å². The molecule has 3 aromatic carbocycles. The van der Waals surface area contributed by atoms with E-state index in [9.17, 15) is 4.39 Å². The van der Waals surface area contributed by atoms with E-state index in [4.69, 9.17) is 17.0 Å². The van der Waals surface area contributed by atoms with Gasteiger partial charge in [0.25, 0.3) is 0 Å². The van der Waals surface area contributed by atoms with Crippen LogP contribution in [0.5, 0.6) is 5.75 Å². The molecule has 0 radical (unpaired) electrons. The van der Waals surface area contributed by atoms with Crippen LogP contribution in [-0.4, -0.2) is 12.2 Å². The highest BCUT2D eigenvalue weighted by atomic mass is 32.2. The van der Waals surface area contributed by atoms with Gasteiger partial charge < -0.3 is 15.4 Å². The number of thioether (sulfide) groups is 1. The molecule has 0 aliphatic carbocycles. The van der Waals surface area contributed by atoms with Gasteiger partial charge in [-0.1, -0.05) is 12.1 Å². The van der Waals surface area contributed by atoms with Crippen molar-refractivity contribution in [1.82, 2.24) is 0 Å². The fourth-order valence-electron chi connectivity index (χ4n) is 2.35. The Hall–Kier alpha value is -2.57. The Labute approximate surface area is 168 Å². The van der Waals surface area contributed by atoms with Crippen LogP contribution in [-0.2, 0) is 5.75 Å². The first-order valence-corrected chi connectivity index (χ1v) is 9.71. The summed E-state index contributed by atoms with van der Waals surface area (Å²) in [6.45, 7) is 0. The van der Waals surface area contributed by atoms with Crippen LogP contribution in [0.2, 0.25) is 0 Å². The normalized spacial score (nSPS) is 10.3. The Kier molecular flexibility index (Phi) is 6.68. The first-order chi connectivity index (χ1) is 13.1. The van der Waals surface area contributed by atoms with Crippen LogP contribution in [0.4, 0.5) is 15.8 Å². The van der Waals surface area contributed by atoms with E-state index in [0.717, 1.165) is 33.3 Å². The zero-order valence-electron chi connectivity index (χ0n) is 14.7. The maximum atomic E-state index is 12.9. The smallest absolute Gasteiger partial charge is 0.175 e. The summed E-state index contributed by atoms with van der Waals surface area (Å²) in [4.78, 5) is 1.14. The summed E-state index contributed by atoms with van der Waals surface area (Å²) >= 11 is 7.05. The number of halogens is 1. The zero-order valence-corrected chi connectivity index (χ0v) is 16.4. The summed E-state index contributed by atoms with van der Waals surface area (Å²) in [5, 5.41) is 6.82. The number of nitrogens with one attached hydrogen (secondary N) is 2. The van der Waals surface area contributed by atoms with Crippen molar-refractivity contribution in [2.45, 2.75) is 10.6 Å². The first-order valence-electron chi connectivity index (χ1n) is 8.32. The van der Waals surface area contributed by atoms with Gasteiger partial charge in [-0.15, -0.1) is 11.8 Å². The van der Waals surface area contributed by atoms with Crippen LogP contribution in [0.25, 0.3) is 0 Å². The third-order valence-corrected chi connectivity index (χ3v) is 5.07. The van der Waals surface area contributed by atoms with Gasteiger partial charge in [-0.2, -0.15) is 0 Å². The van der Waals surface area contributed by atoms with Gasteiger partial charge in [0.05, 0.1) is 7.11 Å². The van der Waals surface area contributed by atoms with Gasteiger partial charge in [0.2, 0.25) is 0 Å². The largest absolute Gasteiger partial charge is 0.497 e. The lowest BCUT2D eigenvalue weighted by atomic mass is 10.2. The van der Waals surface area contributed by atoms with E-state index in [1.165, 1.54) is 12.1 Å². The van der Waals surface area contributed by atoms with E-state index < -0.39 is 0 Å². The van der Waals surface area contributed by atoms with Crippen molar-refractivity contribution in [2.75, 3.05) is 17.7 Å². The van der Waals surface area contributed by atoms with E-state index in [1.54, 1.807) is 18.9 Å². The molecule has 0 aliphatic heterocycles. The summed E-state index contributed by atoms with van der Waals surface area (Å²) < 4.78 is 18.1. The van der Waals surface area contributed by atoms with Gasteiger partial charge in [-0.3, -0.25) is 0 Å². The van der Waals surface area contributed by atoms with Crippen molar-refractivity contribution >= 4 is 40.5 Å². The van der Waals surface area contributed by atoms with Gasteiger partial charge in [-0.25, -0.2) is 4.39 Å². The minimum absolute atomic E-state index is 0.210. The van der Waals surface area contributed by atoms with Gasteiger partial charge in [0, 0.05) is 22.0 Å². The minimum atomic E-state index is -0.210. The van der Waals surface area contributed by atoms with E-state index in [2.05, 4.69) is 10.6 Å². The van der Waals surface area contributed by atoms with Crippen LogP contribution in [0.15, 0.2) is 77.7 Å². The molecule has 0 aliphatic rings. The van der Waals surface area contributed by atoms with E-state index in [-0.39, 0.29) is 5.82 Å². The van der Waals surface area contributed by atoms with Crippen molar-refractivity contribution in [3.63, 3.8) is 0 Å². The van der Waals surface area contributed by atoms with Crippen LogP contribution in [0, 0.1) is 5.82 Å². The second-order valence-corrected chi connectivity index (χ2v) is 7.20. The number of hydrogen-bond donors (Lipinski definition) is 2. The van der Waals surface area contributed by atoms with E-state index >= 15 is 0 Å². The van der Waals surface area contributed by atoms with Crippen LogP contribution < -0.4 is 15.4 Å². The third-order valence-electron chi connectivity index (χ3n) is 3.78. The molecule has 0 fully saturated rings. The monoisotopic (exact) mass is 398 g/mol. The second-order valence-electron chi connectivity index (χ2n) is 5.75. The number of thiocarbonyl (C=S) groups is 1. The van der Waals surface area contributed by atoms with Gasteiger partial charge >= 0.3 is 0 Å². The highest BCUT2D eigenvalue weighted by Crippen LogP contribution is 2.24. The summed E-state index contributed by atoms with van der Waals surface area (Å²) in [5.74, 6) is 1.39. The Morgan fingerprint density at radius 1 is 0.889 bits per heavy atom. The lowest BCUT2D eigenvalue weighted by Gasteiger charge is -2.11. The van der Waals surface area contributed by atoms with Crippen molar-refractivity contribution in [2.24, 2.45) is 0 Å². The lowest BCUT2D eigenvalue weighted by Crippen LogP contribution is -2.18. The molecular weight excluding hydrogens is 379 g/mol. The molecule has 27 heavy (non-hydrogen) atoms. The summed E-state index contributed by atoms with van der Waals surface area (Å²) in [7, 11) is 1.64. The maximum Gasteiger partial charge on any atom is 0.175 e. The molecule has 0 spiro atoms. The Morgan fingerprint density at radius 3 is 2.00 bits per heavy atom. The summed E-state index contributed by atoms with van der Waals surface area (Å²) in [6, 6.07) is 22.2. The van der Waals surface area contributed by atoms with Crippen LogP contribution in [0.1, 0.15) is 5.56 Å². The highest BCUT2D eigenvalue weighted by Gasteiger charge is 2.01. The number of anilines is 2. The number of rotatable bonds is 6. The van der Waals surface area contributed by atoms with Crippen molar-refractivity contribution < 1.29 is 9.13 Å². The molecule has 0 atom stereocenters. The molecule has 0 aromatic heterocycles. The third kappa shape index (κ3) is 5.98. The molecule has 3 aromatic rings. The Bertz CT molecular complexity index is 882. The zero-order chi connectivity index (χ0) is 19.1. The molecule has 0 unspecified atom stereocenters. The molecule has 6 heteroatoms. The molecule has 0 heterocycles. The highest BCUT2D eigenvalue weighted by molar-refractivity contribution is 7.98. The van der Waals surface area contributed by atoms with Crippen LogP contribution in [0.3, 0.4) is 0 Å². The van der Waals surface area contributed by atoms with E-state index in [0.29, 0.717) is 5.11 Å². The van der Waals surface area contributed by atoms with E-state index in [1.807, 2.05) is 60.7 Å². The van der Waals surface area contributed by atoms with Gasteiger partial charge in [0.1, 0.15) is 11.6 Å². The summed E-state index contributed by atoms with van der Waals surface area (Å²) in [5.41, 5.74) is 2.89. The molecule has 0 saturated carbocycles. The van der Waals surface area contributed by atoms with Crippen LogP contribution >= 0.6 is 24.0 Å². The Morgan fingerprint density at radius 2 is 1.44 bits per heavy atom. The molecule has 138 valence electrons. The van der Waals surface area contributed by atoms with Gasteiger partial charge in [-0.05, 0) is 78.4 Å². The average molecular weight is 399 g/mol. The predicted octanol–water partition coefficient (Wildman–Crippen LogP) is 5.94. The fraction of sp³-hybridized carbons (Fsp3) is 0.0952. The maximum absolute atomic E-state index is 12.9. The molecule has 3 nitrogen and oxygen atoms in total. The number of hydrogen-bond acceptors (Lipinski definition) is 3. The molecule has 2 N–H and O–H groups in total. The second kappa shape index (κ2) is 9.39. The summed E-state index contributed by atoms with van der Waals surface area (Å²) in [6.07, 6.45) is 0. The number of methoxy groups -OCH3 is 1. The fourth-order valence-corrected chi connectivity index (χ4v) is 3.44. The Balaban J connectivity index is 1.50. The lowest BCUT2D eigenvalue weighted by molar-refractivity contribution is 0.415. The predicted molar refractivity (Wildman–Crippen MR) is 115 cm³/mol. The number of benzene rings is 3. The SMILES string of the molecule is COc1ccc(NC(=S)Nc2ccc(SCc3ccc(F)cc3)cc2)cc1. The number of ether oxygens (including phenoxy) is 1.